The van der Waals surface area contributed by atoms with E-state index in [2.05, 4.69) is 13.0 Å². The summed E-state index contributed by atoms with van der Waals surface area (Å²) in [6.45, 7) is 2.13. The average Bonchev–Trinajstić information content (AvgIpc) is 2.35. The van der Waals surface area contributed by atoms with Crippen LogP contribution >= 0.6 is 0 Å². The fourth-order valence-electron chi connectivity index (χ4n) is 2.71. The van der Waals surface area contributed by atoms with Crippen LogP contribution in [0.15, 0.2) is 18.2 Å². The fraction of sp³-hybridized carbons (Fsp3) is 0.571. The summed E-state index contributed by atoms with van der Waals surface area (Å²) in [5.41, 5.74) is 1.24. The predicted molar refractivity (Wildman–Crippen MR) is 66.7 cm³/mol. The van der Waals surface area contributed by atoms with Crippen molar-refractivity contribution in [2.75, 3.05) is 14.2 Å². The molecule has 3 atom stereocenters. The van der Waals surface area contributed by atoms with Gasteiger partial charge in [0.05, 0.1) is 20.3 Å². The highest BCUT2D eigenvalue weighted by atomic mass is 16.5. The molecule has 0 bridgehead atoms. The summed E-state index contributed by atoms with van der Waals surface area (Å²) in [6.07, 6.45) is 1.73. The second-order valence-electron chi connectivity index (χ2n) is 4.60. The van der Waals surface area contributed by atoms with Crippen molar-refractivity contribution in [2.24, 2.45) is 5.92 Å². The SMILES string of the molecule is CCC1C(O)CC1c1ccc(OC)c(OC)c1. The predicted octanol–water partition coefficient (Wildman–Crippen LogP) is 2.58. The quantitative estimate of drug-likeness (QED) is 0.873. The van der Waals surface area contributed by atoms with Gasteiger partial charge in [-0.25, -0.2) is 0 Å². The van der Waals surface area contributed by atoms with Crippen LogP contribution < -0.4 is 9.47 Å². The minimum absolute atomic E-state index is 0.141. The molecule has 3 heteroatoms. The second-order valence-corrected chi connectivity index (χ2v) is 4.60. The minimum atomic E-state index is -0.141. The van der Waals surface area contributed by atoms with Gasteiger partial charge in [0.15, 0.2) is 11.5 Å². The Kier molecular flexibility index (Phi) is 3.57. The summed E-state index contributed by atoms with van der Waals surface area (Å²) in [5.74, 6) is 2.35. The van der Waals surface area contributed by atoms with Crippen molar-refractivity contribution in [2.45, 2.75) is 31.8 Å². The fourth-order valence-corrected chi connectivity index (χ4v) is 2.71. The molecule has 0 amide bonds. The highest BCUT2D eigenvalue weighted by molar-refractivity contribution is 5.44. The van der Waals surface area contributed by atoms with Crippen molar-refractivity contribution >= 4 is 0 Å². The molecule has 2 rings (SSSR count). The van der Waals surface area contributed by atoms with Gasteiger partial charge in [-0.1, -0.05) is 19.4 Å². The molecular weight excluding hydrogens is 216 g/mol. The molecule has 0 aromatic heterocycles. The van der Waals surface area contributed by atoms with Crippen LogP contribution in [-0.2, 0) is 0 Å². The summed E-state index contributed by atoms with van der Waals surface area (Å²) in [6, 6.07) is 6.03. The van der Waals surface area contributed by atoms with Crippen LogP contribution in [0.3, 0.4) is 0 Å². The zero-order valence-corrected chi connectivity index (χ0v) is 10.6. The smallest absolute Gasteiger partial charge is 0.160 e. The van der Waals surface area contributed by atoms with E-state index in [0.717, 1.165) is 24.3 Å². The number of aliphatic hydroxyl groups is 1. The number of rotatable bonds is 4. The van der Waals surface area contributed by atoms with E-state index in [0.29, 0.717) is 11.8 Å². The van der Waals surface area contributed by atoms with E-state index >= 15 is 0 Å². The third-order valence-corrected chi connectivity index (χ3v) is 3.81. The lowest BCUT2D eigenvalue weighted by Gasteiger charge is -2.41. The van der Waals surface area contributed by atoms with E-state index < -0.39 is 0 Å². The molecule has 3 unspecified atom stereocenters. The van der Waals surface area contributed by atoms with E-state index in [1.165, 1.54) is 5.56 Å². The van der Waals surface area contributed by atoms with Gasteiger partial charge in [-0.05, 0) is 36.0 Å². The number of hydrogen-bond acceptors (Lipinski definition) is 3. The molecular formula is C14H20O3. The lowest BCUT2D eigenvalue weighted by Crippen LogP contribution is -2.39. The molecule has 1 fully saturated rings. The summed E-state index contributed by atoms with van der Waals surface area (Å²) < 4.78 is 10.5. The summed E-state index contributed by atoms with van der Waals surface area (Å²) in [4.78, 5) is 0. The van der Waals surface area contributed by atoms with E-state index in [1.807, 2.05) is 12.1 Å². The maximum Gasteiger partial charge on any atom is 0.160 e. The van der Waals surface area contributed by atoms with Gasteiger partial charge in [0.1, 0.15) is 0 Å². The molecule has 1 aromatic carbocycles. The van der Waals surface area contributed by atoms with E-state index in [4.69, 9.17) is 9.47 Å². The zero-order chi connectivity index (χ0) is 12.4. The van der Waals surface area contributed by atoms with Gasteiger partial charge >= 0.3 is 0 Å². The Balaban J connectivity index is 2.22. The molecule has 0 saturated heterocycles. The molecule has 1 aromatic rings. The largest absolute Gasteiger partial charge is 0.493 e. The maximum atomic E-state index is 9.71. The first-order chi connectivity index (χ1) is 8.21. The van der Waals surface area contributed by atoms with E-state index in [9.17, 15) is 5.11 Å². The number of methoxy groups -OCH3 is 2. The number of hydrogen-bond donors (Lipinski definition) is 1. The Bertz CT molecular complexity index is 389. The molecule has 1 saturated carbocycles. The molecule has 0 radical (unpaired) electrons. The maximum absolute atomic E-state index is 9.71. The molecule has 1 N–H and O–H groups in total. The average molecular weight is 236 g/mol. The number of aliphatic hydroxyl groups excluding tert-OH is 1. The van der Waals surface area contributed by atoms with Gasteiger partial charge < -0.3 is 14.6 Å². The zero-order valence-electron chi connectivity index (χ0n) is 10.6. The molecule has 1 aliphatic rings. The van der Waals surface area contributed by atoms with Gasteiger partial charge in [-0.3, -0.25) is 0 Å². The third-order valence-electron chi connectivity index (χ3n) is 3.81. The minimum Gasteiger partial charge on any atom is -0.493 e. The Hall–Kier alpha value is -1.22. The normalized spacial score (nSPS) is 27.4. The Morgan fingerprint density at radius 2 is 1.94 bits per heavy atom. The second kappa shape index (κ2) is 4.96. The first-order valence-corrected chi connectivity index (χ1v) is 6.11. The van der Waals surface area contributed by atoms with E-state index in [-0.39, 0.29) is 6.10 Å². The molecule has 17 heavy (non-hydrogen) atoms. The lowest BCUT2D eigenvalue weighted by molar-refractivity contribution is -0.000798. The Morgan fingerprint density at radius 1 is 1.24 bits per heavy atom. The van der Waals surface area contributed by atoms with Crippen LogP contribution in [-0.4, -0.2) is 25.4 Å². The van der Waals surface area contributed by atoms with Gasteiger partial charge in [0.25, 0.3) is 0 Å². The number of ether oxygens (including phenoxy) is 2. The van der Waals surface area contributed by atoms with Crippen LogP contribution in [0.25, 0.3) is 0 Å². The van der Waals surface area contributed by atoms with E-state index in [1.54, 1.807) is 14.2 Å². The standard InChI is InChI=1S/C14H20O3/c1-4-10-11(8-12(10)15)9-5-6-13(16-2)14(7-9)17-3/h5-7,10-12,15H,4,8H2,1-3H3. The molecule has 1 aliphatic carbocycles. The number of benzene rings is 1. The highest BCUT2D eigenvalue weighted by Crippen LogP contribution is 2.46. The molecule has 3 nitrogen and oxygen atoms in total. The summed E-state index contributed by atoms with van der Waals surface area (Å²) >= 11 is 0. The third kappa shape index (κ3) is 2.12. The van der Waals surface area contributed by atoms with Crippen molar-refractivity contribution in [3.8, 4) is 11.5 Å². The van der Waals surface area contributed by atoms with Gasteiger partial charge in [-0.2, -0.15) is 0 Å². The van der Waals surface area contributed by atoms with Gasteiger partial charge in [-0.15, -0.1) is 0 Å². The van der Waals surface area contributed by atoms with Crippen molar-refractivity contribution in [1.82, 2.24) is 0 Å². The summed E-state index contributed by atoms with van der Waals surface area (Å²) in [7, 11) is 3.29. The topological polar surface area (TPSA) is 38.7 Å². The first kappa shape index (κ1) is 12.2. The molecule has 94 valence electrons. The van der Waals surface area contributed by atoms with Crippen LogP contribution in [0.4, 0.5) is 0 Å². The molecule has 0 spiro atoms. The van der Waals surface area contributed by atoms with Crippen LogP contribution in [0.2, 0.25) is 0 Å². The van der Waals surface area contributed by atoms with Crippen molar-refractivity contribution < 1.29 is 14.6 Å². The highest BCUT2D eigenvalue weighted by Gasteiger charge is 2.39. The van der Waals surface area contributed by atoms with Gasteiger partial charge in [0, 0.05) is 0 Å². The van der Waals surface area contributed by atoms with Crippen molar-refractivity contribution in [3.63, 3.8) is 0 Å². The van der Waals surface area contributed by atoms with Crippen LogP contribution in [0.5, 0.6) is 11.5 Å². The Morgan fingerprint density at radius 3 is 2.47 bits per heavy atom. The monoisotopic (exact) mass is 236 g/mol. The Labute approximate surface area is 102 Å². The summed E-state index contributed by atoms with van der Waals surface area (Å²) in [5, 5.41) is 9.71. The van der Waals surface area contributed by atoms with Crippen molar-refractivity contribution in [1.29, 1.82) is 0 Å². The lowest BCUT2D eigenvalue weighted by atomic mass is 9.66. The first-order valence-electron chi connectivity index (χ1n) is 6.11. The van der Waals surface area contributed by atoms with Crippen molar-refractivity contribution in [3.05, 3.63) is 23.8 Å². The van der Waals surface area contributed by atoms with Gasteiger partial charge in [0.2, 0.25) is 0 Å². The molecule has 0 aliphatic heterocycles. The van der Waals surface area contributed by atoms with Crippen LogP contribution in [0, 0.1) is 5.92 Å². The molecule has 0 heterocycles. The van der Waals surface area contributed by atoms with Crippen LogP contribution in [0.1, 0.15) is 31.2 Å².